The monoisotopic (exact) mass is 279 g/mol. The van der Waals surface area contributed by atoms with Gasteiger partial charge in [0, 0.05) is 0 Å². The van der Waals surface area contributed by atoms with E-state index in [1.165, 1.54) is 13.0 Å². The zero-order chi connectivity index (χ0) is 11.6. The molecule has 0 spiro atoms. The van der Waals surface area contributed by atoms with Crippen LogP contribution in [0.15, 0.2) is 10.7 Å². The summed E-state index contributed by atoms with van der Waals surface area (Å²) in [5.74, 6) is -1.06. The predicted octanol–water partition coefficient (Wildman–Crippen LogP) is 2.72. The molecule has 0 saturated carbocycles. The number of carboxylic acid groups (broad SMARTS) is 1. The van der Waals surface area contributed by atoms with Gasteiger partial charge in [0.25, 0.3) is 6.43 Å². The van der Waals surface area contributed by atoms with Crippen molar-refractivity contribution in [3.8, 4) is 0 Å². The number of aliphatic carboxylic acids is 1. The number of carboxylic acids is 1. The second-order valence-electron chi connectivity index (χ2n) is 2.99. The van der Waals surface area contributed by atoms with Gasteiger partial charge < -0.3 is 5.11 Å². The normalized spacial score (nSPS) is 10.7. The van der Waals surface area contributed by atoms with Crippen LogP contribution in [-0.2, 0) is 11.2 Å². The van der Waals surface area contributed by atoms with Crippen LogP contribution in [0.2, 0.25) is 0 Å². The Morgan fingerprint density at radius 3 is 2.73 bits per heavy atom. The van der Waals surface area contributed by atoms with E-state index in [0.717, 1.165) is 0 Å². The number of aromatic nitrogens is 1. The Balaban J connectivity index is 3.21. The maximum Gasteiger partial charge on any atom is 0.307 e. The summed E-state index contributed by atoms with van der Waals surface area (Å²) in [4.78, 5) is 14.1. The lowest BCUT2D eigenvalue weighted by molar-refractivity contribution is -0.136. The Morgan fingerprint density at radius 2 is 2.27 bits per heavy atom. The van der Waals surface area contributed by atoms with Crippen LogP contribution < -0.4 is 0 Å². The zero-order valence-corrected chi connectivity index (χ0v) is 9.38. The highest BCUT2D eigenvalue weighted by Crippen LogP contribution is 2.25. The molecule has 1 aromatic heterocycles. The molecule has 3 nitrogen and oxygen atoms in total. The van der Waals surface area contributed by atoms with E-state index in [-0.39, 0.29) is 22.3 Å². The van der Waals surface area contributed by atoms with Crippen LogP contribution in [0.4, 0.5) is 8.78 Å². The van der Waals surface area contributed by atoms with Gasteiger partial charge in [0.05, 0.1) is 6.42 Å². The fraction of sp³-hybridized carbons (Fsp3) is 0.333. The molecule has 0 atom stereocenters. The third kappa shape index (κ3) is 2.95. The van der Waals surface area contributed by atoms with Crippen LogP contribution in [-0.4, -0.2) is 16.1 Å². The molecule has 0 aliphatic rings. The fourth-order valence-electron chi connectivity index (χ4n) is 1.21. The van der Waals surface area contributed by atoms with Gasteiger partial charge in [-0.15, -0.1) is 0 Å². The molecule has 15 heavy (non-hydrogen) atoms. The molecule has 0 aliphatic carbocycles. The third-order valence-corrected chi connectivity index (χ3v) is 2.34. The number of hydrogen-bond acceptors (Lipinski definition) is 2. The van der Waals surface area contributed by atoms with Gasteiger partial charge in [-0.1, -0.05) is 0 Å². The van der Waals surface area contributed by atoms with E-state index < -0.39 is 12.4 Å². The zero-order valence-electron chi connectivity index (χ0n) is 7.80. The van der Waals surface area contributed by atoms with Crippen LogP contribution in [0.3, 0.4) is 0 Å². The van der Waals surface area contributed by atoms with Crippen molar-refractivity contribution in [2.24, 2.45) is 0 Å². The third-order valence-electron chi connectivity index (χ3n) is 1.93. The molecule has 0 amide bonds. The summed E-state index contributed by atoms with van der Waals surface area (Å²) >= 11 is 2.97. The van der Waals surface area contributed by atoms with Gasteiger partial charge in [-0.2, -0.15) is 0 Å². The minimum absolute atomic E-state index is 0.222. The van der Waals surface area contributed by atoms with Crippen LogP contribution >= 0.6 is 15.9 Å². The fourth-order valence-corrected chi connectivity index (χ4v) is 1.67. The van der Waals surface area contributed by atoms with Crippen molar-refractivity contribution >= 4 is 21.9 Å². The topological polar surface area (TPSA) is 50.2 Å². The first-order chi connectivity index (χ1) is 6.91. The maximum absolute atomic E-state index is 12.5. The Labute approximate surface area is 93.3 Å². The second-order valence-corrected chi connectivity index (χ2v) is 3.80. The Hall–Kier alpha value is -1.04. The van der Waals surface area contributed by atoms with Gasteiger partial charge in [0.15, 0.2) is 0 Å². The van der Waals surface area contributed by atoms with Gasteiger partial charge >= 0.3 is 5.97 Å². The summed E-state index contributed by atoms with van der Waals surface area (Å²) in [6, 6.07) is 1.44. The number of carbonyl (C=O) groups is 1. The number of nitrogens with zero attached hydrogens (tertiary/aromatic N) is 1. The highest BCUT2D eigenvalue weighted by atomic mass is 79.9. The standard InChI is InChI=1S/C9H8BrF2NO2/c1-4-5(3-7(14)15)2-6(10)13-8(4)9(11)12/h2,9H,3H2,1H3,(H,14,15). The highest BCUT2D eigenvalue weighted by Gasteiger charge is 2.17. The van der Waals surface area contributed by atoms with E-state index in [9.17, 15) is 13.6 Å². The second kappa shape index (κ2) is 4.65. The summed E-state index contributed by atoms with van der Waals surface area (Å²) in [5.41, 5.74) is 0.205. The number of hydrogen-bond donors (Lipinski definition) is 1. The van der Waals surface area contributed by atoms with Gasteiger partial charge in [0.1, 0.15) is 10.3 Å². The number of rotatable bonds is 3. The van der Waals surface area contributed by atoms with Gasteiger partial charge in [-0.3, -0.25) is 4.79 Å². The van der Waals surface area contributed by atoms with Crippen LogP contribution in [0, 0.1) is 6.92 Å². The largest absolute Gasteiger partial charge is 0.481 e. The van der Waals surface area contributed by atoms with Crippen molar-refractivity contribution in [3.63, 3.8) is 0 Å². The Bertz CT molecular complexity index is 396. The molecule has 1 N–H and O–H groups in total. The summed E-state index contributed by atoms with van der Waals surface area (Å²) < 4.78 is 25.2. The minimum Gasteiger partial charge on any atom is -0.481 e. The number of halogens is 3. The summed E-state index contributed by atoms with van der Waals surface area (Å²) in [7, 11) is 0. The summed E-state index contributed by atoms with van der Waals surface area (Å²) in [6.45, 7) is 1.44. The number of alkyl halides is 2. The summed E-state index contributed by atoms with van der Waals surface area (Å²) in [5, 5.41) is 8.59. The molecule has 6 heteroatoms. The van der Waals surface area contributed by atoms with Crippen LogP contribution in [0.5, 0.6) is 0 Å². The first kappa shape index (κ1) is 12.0. The molecule has 0 radical (unpaired) electrons. The SMILES string of the molecule is Cc1c(CC(=O)O)cc(Br)nc1C(F)F. The Kier molecular flexibility index (Phi) is 3.73. The van der Waals surface area contributed by atoms with Crippen molar-refractivity contribution in [2.45, 2.75) is 19.8 Å². The summed E-state index contributed by atoms with van der Waals surface area (Å²) in [6.07, 6.45) is -2.98. The van der Waals surface area contributed by atoms with E-state index in [4.69, 9.17) is 5.11 Å². The van der Waals surface area contributed by atoms with E-state index in [1.807, 2.05) is 0 Å². The average Bonchev–Trinajstić information content (AvgIpc) is 2.09. The molecule has 1 heterocycles. The molecule has 1 aromatic rings. The van der Waals surface area contributed by atoms with E-state index in [0.29, 0.717) is 5.56 Å². The van der Waals surface area contributed by atoms with Crippen molar-refractivity contribution in [1.82, 2.24) is 4.98 Å². The minimum atomic E-state index is -2.70. The average molecular weight is 280 g/mol. The molecule has 82 valence electrons. The molecule has 0 unspecified atom stereocenters. The van der Waals surface area contributed by atoms with E-state index in [2.05, 4.69) is 20.9 Å². The lowest BCUT2D eigenvalue weighted by atomic mass is 10.1. The van der Waals surface area contributed by atoms with Crippen LogP contribution in [0.1, 0.15) is 23.2 Å². The van der Waals surface area contributed by atoms with Crippen molar-refractivity contribution in [2.75, 3.05) is 0 Å². The molecule has 0 fully saturated rings. The Morgan fingerprint density at radius 1 is 1.67 bits per heavy atom. The van der Waals surface area contributed by atoms with Crippen molar-refractivity contribution in [3.05, 3.63) is 27.5 Å². The molecular weight excluding hydrogens is 272 g/mol. The first-order valence-electron chi connectivity index (χ1n) is 4.07. The quantitative estimate of drug-likeness (QED) is 0.866. The van der Waals surface area contributed by atoms with Gasteiger partial charge in [-0.25, -0.2) is 13.8 Å². The molecule has 0 saturated heterocycles. The molecule has 0 aromatic carbocycles. The first-order valence-corrected chi connectivity index (χ1v) is 4.87. The van der Waals surface area contributed by atoms with Crippen molar-refractivity contribution < 1.29 is 18.7 Å². The van der Waals surface area contributed by atoms with Crippen molar-refractivity contribution in [1.29, 1.82) is 0 Å². The molecule has 0 bridgehead atoms. The van der Waals surface area contributed by atoms with E-state index in [1.54, 1.807) is 0 Å². The lowest BCUT2D eigenvalue weighted by Gasteiger charge is -2.09. The highest BCUT2D eigenvalue weighted by molar-refractivity contribution is 9.10. The molecule has 1 rings (SSSR count). The molecule has 0 aliphatic heterocycles. The lowest BCUT2D eigenvalue weighted by Crippen LogP contribution is -2.06. The molecular formula is C9H8BrF2NO2. The van der Waals surface area contributed by atoms with E-state index >= 15 is 0 Å². The van der Waals surface area contributed by atoms with Gasteiger partial charge in [-0.05, 0) is 40.0 Å². The number of pyridine rings is 1. The predicted molar refractivity (Wildman–Crippen MR) is 53.0 cm³/mol. The van der Waals surface area contributed by atoms with Gasteiger partial charge in [0.2, 0.25) is 0 Å². The van der Waals surface area contributed by atoms with Crippen LogP contribution in [0.25, 0.3) is 0 Å². The maximum atomic E-state index is 12.5. The smallest absolute Gasteiger partial charge is 0.307 e.